The summed E-state index contributed by atoms with van der Waals surface area (Å²) in [6.45, 7) is 6.18. The molecule has 0 bridgehead atoms. The number of nitrogens with one attached hydrogen (secondary N) is 1. The zero-order valence-electron chi connectivity index (χ0n) is 12.4. The third kappa shape index (κ3) is 5.81. The van der Waals surface area contributed by atoms with Crippen molar-refractivity contribution in [2.75, 3.05) is 5.88 Å². The topological polar surface area (TPSA) is 46.2 Å². The van der Waals surface area contributed by atoms with Gasteiger partial charge in [-0.2, -0.15) is 0 Å². The van der Waals surface area contributed by atoms with E-state index in [2.05, 4.69) is 18.6 Å². The minimum atomic E-state index is -3.42. The Morgan fingerprint density at radius 2 is 1.70 bits per heavy atom. The first kappa shape index (κ1) is 17.5. The smallest absolute Gasteiger partial charge is 0.208 e. The molecule has 5 heteroatoms. The molecular weight excluding hydrogens is 294 g/mol. The maximum Gasteiger partial charge on any atom is 0.240 e. The average Bonchev–Trinajstić information content (AvgIpc) is 2.37. The summed E-state index contributed by atoms with van der Waals surface area (Å²) in [5, 5.41) is 0. The van der Waals surface area contributed by atoms with Gasteiger partial charge in [0.15, 0.2) is 0 Å². The first-order valence-electron chi connectivity index (χ1n) is 7.02. The fourth-order valence-electron chi connectivity index (χ4n) is 1.92. The number of aryl methyl sites for hydroxylation is 1. The predicted molar refractivity (Wildman–Crippen MR) is 84.7 cm³/mol. The van der Waals surface area contributed by atoms with Crippen LogP contribution in [0.15, 0.2) is 29.2 Å². The minimum Gasteiger partial charge on any atom is -0.208 e. The van der Waals surface area contributed by atoms with Crippen LogP contribution in [-0.2, 0) is 16.4 Å². The lowest BCUT2D eigenvalue weighted by molar-refractivity contribution is 0.485. The maximum absolute atomic E-state index is 12.2. The van der Waals surface area contributed by atoms with Gasteiger partial charge in [-0.3, -0.25) is 0 Å². The molecule has 0 radical (unpaired) electrons. The van der Waals surface area contributed by atoms with Crippen LogP contribution < -0.4 is 4.72 Å². The molecule has 0 aliphatic rings. The second-order valence-corrected chi connectivity index (χ2v) is 7.67. The van der Waals surface area contributed by atoms with Gasteiger partial charge in [-0.15, -0.1) is 11.6 Å². The third-order valence-electron chi connectivity index (χ3n) is 3.15. The van der Waals surface area contributed by atoms with Gasteiger partial charge in [-0.25, -0.2) is 13.1 Å². The fraction of sp³-hybridized carbons (Fsp3) is 0.600. The standard InChI is InChI=1S/C15H24ClNO2S/c1-12(2)4-5-13(3)17-20(18,19)15-8-6-14(7-9-15)10-11-16/h6-9,12-13,17H,4-5,10-11H2,1-3H3. The Kier molecular flexibility index (Phi) is 7.00. The summed E-state index contributed by atoms with van der Waals surface area (Å²) in [5.41, 5.74) is 1.05. The molecule has 0 amide bonds. The number of halogens is 1. The van der Waals surface area contributed by atoms with Crippen LogP contribution in [0.2, 0.25) is 0 Å². The molecule has 0 spiro atoms. The van der Waals surface area contributed by atoms with E-state index in [0.717, 1.165) is 24.8 Å². The Hall–Kier alpha value is -0.580. The summed E-state index contributed by atoms with van der Waals surface area (Å²) >= 11 is 5.66. The van der Waals surface area contributed by atoms with Gasteiger partial charge in [-0.05, 0) is 49.8 Å². The molecule has 3 nitrogen and oxygen atoms in total. The van der Waals surface area contributed by atoms with Gasteiger partial charge in [0, 0.05) is 11.9 Å². The van der Waals surface area contributed by atoms with E-state index in [1.54, 1.807) is 12.1 Å². The van der Waals surface area contributed by atoms with Crippen LogP contribution in [0.3, 0.4) is 0 Å². The van der Waals surface area contributed by atoms with Crippen LogP contribution in [-0.4, -0.2) is 20.3 Å². The second-order valence-electron chi connectivity index (χ2n) is 5.58. The van der Waals surface area contributed by atoms with Gasteiger partial charge in [0.2, 0.25) is 10.0 Å². The van der Waals surface area contributed by atoms with Crippen molar-refractivity contribution in [3.8, 4) is 0 Å². The van der Waals surface area contributed by atoms with Gasteiger partial charge >= 0.3 is 0 Å². The highest BCUT2D eigenvalue weighted by Crippen LogP contribution is 2.14. The molecule has 0 saturated heterocycles. The molecule has 0 fully saturated rings. The zero-order valence-corrected chi connectivity index (χ0v) is 14.0. The largest absolute Gasteiger partial charge is 0.240 e. The van der Waals surface area contributed by atoms with E-state index in [1.807, 2.05) is 19.1 Å². The normalized spacial score (nSPS) is 13.7. The van der Waals surface area contributed by atoms with E-state index in [4.69, 9.17) is 11.6 Å². The van der Waals surface area contributed by atoms with Crippen molar-refractivity contribution in [1.29, 1.82) is 0 Å². The lowest BCUT2D eigenvalue weighted by Gasteiger charge is -2.15. The molecule has 1 aromatic rings. The summed E-state index contributed by atoms with van der Waals surface area (Å²) in [5.74, 6) is 1.12. The lowest BCUT2D eigenvalue weighted by atomic mass is 10.1. The number of sulfonamides is 1. The average molecular weight is 318 g/mol. The molecule has 114 valence electrons. The van der Waals surface area contributed by atoms with Crippen LogP contribution in [0.25, 0.3) is 0 Å². The van der Waals surface area contributed by atoms with Crippen molar-refractivity contribution in [3.05, 3.63) is 29.8 Å². The highest BCUT2D eigenvalue weighted by molar-refractivity contribution is 7.89. The van der Waals surface area contributed by atoms with Gasteiger partial charge in [-0.1, -0.05) is 26.0 Å². The Bertz CT molecular complexity index is 497. The number of rotatable bonds is 8. The minimum absolute atomic E-state index is 0.0510. The predicted octanol–water partition coefficient (Wildman–Crippen LogP) is 3.57. The van der Waals surface area contributed by atoms with Crippen LogP contribution in [0.1, 0.15) is 39.2 Å². The first-order chi connectivity index (χ1) is 9.35. The summed E-state index contributed by atoms with van der Waals surface area (Å²) in [7, 11) is -3.42. The summed E-state index contributed by atoms with van der Waals surface area (Å²) in [4.78, 5) is 0.312. The van der Waals surface area contributed by atoms with E-state index < -0.39 is 10.0 Å². The van der Waals surface area contributed by atoms with E-state index in [-0.39, 0.29) is 6.04 Å². The van der Waals surface area contributed by atoms with Crippen molar-refractivity contribution in [1.82, 2.24) is 4.72 Å². The quantitative estimate of drug-likeness (QED) is 0.745. The molecule has 0 aliphatic heterocycles. The Morgan fingerprint density at radius 3 is 2.20 bits per heavy atom. The first-order valence-corrected chi connectivity index (χ1v) is 9.04. The number of hydrogen-bond donors (Lipinski definition) is 1. The van der Waals surface area contributed by atoms with E-state index in [0.29, 0.717) is 16.7 Å². The van der Waals surface area contributed by atoms with Gasteiger partial charge < -0.3 is 0 Å². The second kappa shape index (κ2) is 8.01. The molecule has 0 saturated carbocycles. The molecular formula is C15H24ClNO2S. The Labute approximate surface area is 127 Å². The number of alkyl halides is 1. The Morgan fingerprint density at radius 1 is 1.10 bits per heavy atom. The molecule has 0 heterocycles. The van der Waals surface area contributed by atoms with Crippen LogP contribution >= 0.6 is 11.6 Å². The molecule has 0 aromatic heterocycles. The lowest BCUT2D eigenvalue weighted by Crippen LogP contribution is -2.32. The maximum atomic E-state index is 12.2. The van der Waals surface area contributed by atoms with Gasteiger partial charge in [0.25, 0.3) is 0 Å². The van der Waals surface area contributed by atoms with E-state index in [9.17, 15) is 8.42 Å². The molecule has 20 heavy (non-hydrogen) atoms. The van der Waals surface area contributed by atoms with Gasteiger partial charge in [0.1, 0.15) is 0 Å². The summed E-state index contributed by atoms with van der Waals surface area (Å²) in [6.07, 6.45) is 2.61. The molecule has 1 unspecified atom stereocenters. The summed E-state index contributed by atoms with van der Waals surface area (Å²) < 4.78 is 27.2. The monoisotopic (exact) mass is 317 g/mol. The van der Waals surface area contributed by atoms with E-state index >= 15 is 0 Å². The van der Waals surface area contributed by atoms with Crippen LogP contribution in [0.5, 0.6) is 0 Å². The highest BCUT2D eigenvalue weighted by atomic mass is 35.5. The molecule has 1 atom stereocenters. The third-order valence-corrected chi connectivity index (χ3v) is 4.94. The number of benzene rings is 1. The zero-order chi connectivity index (χ0) is 15.2. The van der Waals surface area contributed by atoms with Gasteiger partial charge in [0.05, 0.1) is 4.90 Å². The molecule has 0 aliphatic carbocycles. The van der Waals surface area contributed by atoms with E-state index in [1.165, 1.54) is 0 Å². The van der Waals surface area contributed by atoms with Crippen LogP contribution in [0.4, 0.5) is 0 Å². The van der Waals surface area contributed by atoms with Crippen molar-refractivity contribution in [2.24, 2.45) is 5.92 Å². The molecule has 1 N–H and O–H groups in total. The van der Waals surface area contributed by atoms with Crippen molar-refractivity contribution in [3.63, 3.8) is 0 Å². The van der Waals surface area contributed by atoms with Crippen molar-refractivity contribution < 1.29 is 8.42 Å². The SMILES string of the molecule is CC(C)CCC(C)NS(=O)(=O)c1ccc(CCCl)cc1. The highest BCUT2D eigenvalue weighted by Gasteiger charge is 2.17. The fourth-order valence-corrected chi connectivity index (χ4v) is 3.42. The van der Waals surface area contributed by atoms with Crippen LogP contribution in [0, 0.1) is 5.92 Å². The Balaban J connectivity index is 2.68. The van der Waals surface area contributed by atoms with Crippen molar-refractivity contribution >= 4 is 21.6 Å². The van der Waals surface area contributed by atoms with Crippen molar-refractivity contribution in [2.45, 2.75) is 51.0 Å². The molecule has 1 rings (SSSR count). The molecule has 1 aromatic carbocycles. The summed E-state index contributed by atoms with van der Waals surface area (Å²) in [6, 6.07) is 6.86. The number of hydrogen-bond acceptors (Lipinski definition) is 2.